The number of piperidine rings is 1. The van der Waals surface area contributed by atoms with E-state index in [1.54, 1.807) is 6.08 Å². The number of nitrogens with zero attached hydrogens (tertiary/aromatic N) is 1. The monoisotopic (exact) mass is 385 g/mol. The number of amides is 1. The second-order valence-corrected chi connectivity index (χ2v) is 7.38. The summed E-state index contributed by atoms with van der Waals surface area (Å²) in [6.07, 6.45) is 3.49. The van der Waals surface area contributed by atoms with Crippen LogP contribution in [0.2, 0.25) is 0 Å². The Labute approximate surface area is 158 Å². The highest BCUT2D eigenvalue weighted by atomic mass is 32.1. The van der Waals surface area contributed by atoms with Gasteiger partial charge in [0.15, 0.2) is 5.13 Å². The van der Waals surface area contributed by atoms with Crippen molar-refractivity contribution in [2.24, 2.45) is 0 Å². The van der Waals surface area contributed by atoms with E-state index < -0.39 is 23.1 Å². The molecule has 4 nitrogen and oxygen atoms in total. The lowest BCUT2D eigenvalue weighted by atomic mass is 10.0. The van der Waals surface area contributed by atoms with Gasteiger partial charge < -0.3 is 5.32 Å². The first-order valence-electron chi connectivity index (χ1n) is 8.66. The van der Waals surface area contributed by atoms with E-state index in [4.69, 9.17) is 0 Å². The van der Waals surface area contributed by atoms with Crippen LogP contribution in [0, 0.1) is 11.6 Å². The van der Waals surface area contributed by atoms with Crippen LogP contribution in [0.4, 0.5) is 13.9 Å². The van der Waals surface area contributed by atoms with Crippen LogP contribution in [0.1, 0.15) is 28.8 Å². The zero-order valence-electron chi connectivity index (χ0n) is 14.4. The summed E-state index contributed by atoms with van der Waals surface area (Å²) in [6, 6.07) is 9.78. The van der Waals surface area contributed by atoms with Crippen molar-refractivity contribution in [2.45, 2.75) is 12.8 Å². The van der Waals surface area contributed by atoms with E-state index in [0.717, 1.165) is 41.7 Å². The normalized spacial score (nSPS) is 14.4. The number of benzene rings is 2. The van der Waals surface area contributed by atoms with E-state index in [0.29, 0.717) is 10.7 Å². The number of halogens is 2. The van der Waals surface area contributed by atoms with Crippen molar-refractivity contribution in [3.63, 3.8) is 0 Å². The summed E-state index contributed by atoms with van der Waals surface area (Å²) >= 11 is 1.26. The molecule has 1 saturated heterocycles. The first-order valence-corrected chi connectivity index (χ1v) is 9.48. The molecule has 1 aliphatic heterocycles. The van der Waals surface area contributed by atoms with Crippen molar-refractivity contribution < 1.29 is 13.6 Å². The number of thiazole rings is 1. The zero-order valence-corrected chi connectivity index (χ0v) is 15.2. The predicted molar refractivity (Wildman–Crippen MR) is 104 cm³/mol. The number of carbonyl (C=O) groups is 1. The lowest BCUT2D eigenvalue weighted by Gasteiger charge is -2.15. The van der Waals surface area contributed by atoms with Gasteiger partial charge in [0.05, 0.1) is 10.2 Å². The molecule has 0 radical (unpaired) electrons. The summed E-state index contributed by atoms with van der Waals surface area (Å²) in [7, 11) is 0. The van der Waals surface area contributed by atoms with Crippen molar-refractivity contribution in [3.8, 4) is 0 Å². The number of aromatic nitrogens is 1. The molecule has 1 fully saturated rings. The summed E-state index contributed by atoms with van der Waals surface area (Å²) in [4.78, 5) is 16.6. The summed E-state index contributed by atoms with van der Waals surface area (Å²) in [5, 5.41) is 6.03. The zero-order chi connectivity index (χ0) is 18.8. The topological polar surface area (TPSA) is 54.0 Å². The molecule has 1 amide bonds. The average molecular weight is 385 g/mol. The highest BCUT2D eigenvalue weighted by Crippen LogP contribution is 2.27. The lowest BCUT2D eigenvalue weighted by molar-refractivity contribution is 0.101. The van der Waals surface area contributed by atoms with Crippen molar-refractivity contribution in [3.05, 3.63) is 64.7 Å². The summed E-state index contributed by atoms with van der Waals surface area (Å²) in [6.45, 7) is 1.72. The van der Waals surface area contributed by atoms with Crippen LogP contribution >= 0.6 is 11.3 Å². The lowest BCUT2D eigenvalue weighted by Crippen LogP contribution is -2.23. The van der Waals surface area contributed by atoms with Crippen LogP contribution in [0.5, 0.6) is 0 Å². The molecule has 0 unspecified atom stereocenters. The average Bonchev–Trinajstić information content (AvgIpc) is 3.04. The minimum Gasteiger partial charge on any atom is -0.316 e. The number of para-hydroxylation sites is 1. The highest BCUT2D eigenvalue weighted by Gasteiger charge is 2.20. The molecule has 0 spiro atoms. The number of hydrogen-bond donors (Lipinski definition) is 2. The minimum absolute atomic E-state index is 0.306. The Bertz CT molecular complexity index is 981. The standard InChI is InChI=1S/C20H17F2N3OS/c21-14-10-13(9-12-5-7-23-8-6-12)11-15(22)18(14)19(26)25-20-24-16-3-1-2-4-17(16)27-20/h1-4,9-11,23H,5-8H2,(H,24,25,26). The number of rotatable bonds is 3. The Morgan fingerprint density at radius 2 is 1.85 bits per heavy atom. The molecule has 0 aliphatic carbocycles. The fourth-order valence-electron chi connectivity index (χ4n) is 3.11. The number of hydrogen-bond acceptors (Lipinski definition) is 4. The number of fused-ring (bicyclic) bond motifs is 1. The largest absolute Gasteiger partial charge is 0.316 e. The van der Waals surface area contributed by atoms with Crippen LogP contribution in [0.25, 0.3) is 16.3 Å². The maximum absolute atomic E-state index is 14.5. The molecular formula is C20H17F2N3OS. The first-order chi connectivity index (χ1) is 13.1. The van der Waals surface area contributed by atoms with Gasteiger partial charge in [0.25, 0.3) is 5.91 Å². The number of nitrogens with one attached hydrogen (secondary N) is 2. The highest BCUT2D eigenvalue weighted by molar-refractivity contribution is 7.22. The second kappa shape index (κ2) is 7.54. The van der Waals surface area contributed by atoms with Gasteiger partial charge in [-0.3, -0.25) is 10.1 Å². The SMILES string of the molecule is O=C(Nc1nc2ccccc2s1)c1c(F)cc(C=C2CCNCC2)cc1F. The fourth-order valence-corrected chi connectivity index (χ4v) is 3.97. The molecule has 27 heavy (non-hydrogen) atoms. The van der Waals surface area contributed by atoms with Crippen LogP contribution < -0.4 is 10.6 Å². The number of carbonyl (C=O) groups excluding carboxylic acids is 1. The molecule has 7 heteroatoms. The van der Waals surface area contributed by atoms with Gasteiger partial charge in [0, 0.05) is 0 Å². The van der Waals surface area contributed by atoms with E-state index in [1.165, 1.54) is 23.5 Å². The fraction of sp³-hybridized carbons (Fsp3) is 0.200. The van der Waals surface area contributed by atoms with Gasteiger partial charge in [0.2, 0.25) is 0 Å². The third-order valence-electron chi connectivity index (χ3n) is 4.42. The van der Waals surface area contributed by atoms with E-state index in [1.807, 2.05) is 24.3 Å². The first kappa shape index (κ1) is 17.8. The molecule has 2 aromatic carbocycles. The van der Waals surface area contributed by atoms with Gasteiger partial charge in [-0.15, -0.1) is 0 Å². The maximum Gasteiger partial charge on any atom is 0.263 e. The summed E-state index contributed by atoms with van der Waals surface area (Å²) < 4.78 is 29.8. The van der Waals surface area contributed by atoms with Gasteiger partial charge in [-0.2, -0.15) is 0 Å². The Kier molecular flexibility index (Phi) is 4.96. The quantitative estimate of drug-likeness (QED) is 0.693. The van der Waals surface area contributed by atoms with E-state index in [-0.39, 0.29) is 0 Å². The molecule has 0 bridgehead atoms. The molecule has 2 N–H and O–H groups in total. The Balaban J connectivity index is 1.58. The molecule has 3 aromatic rings. The van der Waals surface area contributed by atoms with Crippen molar-refractivity contribution in [1.29, 1.82) is 0 Å². The third-order valence-corrected chi connectivity index (χ3v) is 5.37. The molecule has 0 atom stereocenters. The van der Waals surface area contributed by atoms with Gasteiger partial charge in [-0.1, -0.05) is 35.1 Å². The van der Waals surface area contributed by atoms with Gasteiger partial charge in [-0.25, -0.2) is 13.8 Å². The van der Waals surface area contributed by atoms with Crippen LogP contribution in [-0.2, 0) is 0 Å². The summed E-state index contributed by atoms with van der Waals surface area (Å²) in [5.41, 5.74) is 1.70. The van der Waals surface area contributed by atoms with Crippen molar-refractivity contribution >= 4 is 38.7 Å². The molecule has 1 aromatic heterocycles. The van der Waals surface area contributed by atoms with Gasteiger partial charge >= 0.3 is 0 Å². The second-order valence-electron chi connectivity index (χ2n) is 6.35. The van der Waals surface area contributed by atoms with Crippen LogP contribution in [0.15, 0.2) is 42.0 Å². The van der Waals surface area contributed by atoms with E-state index >= 15 is 0 Å². The van der Waals surface area contributed by atoms with Gasteiger partial charge in [0.1, 0.15) is 17.2 Å². The van der Waals surface area contributed by atoms with Crippen molar-refractivity contribution in [2.75, 3.05) is 18.4 Å². The Morgan fingerprint density at radius 3 is 2.56 bits per heavy atom. The molecule has 2 heterocycles. The van der Waals surface area contributed by atoms with Gasteiger partial charge in [-0.05, 0) is 55.8 Å². The molecule has 138 valence electrons. The maximum atomic E-state index is 14.5. The van der Waals surface area contributed by atoms with E-state index in [9.17, 15) is 13.6 Å². The predicted octanol–water partition coefficient (Wildman–Crippen LogP) is 4.59. The van der Waals surface area contributed by atoms with E-state index in [2.05, 4.69) is 15.6 Å². The molecule has 4 rings (SSSR count). The van der Waals surface area contributed by atoms with Crippen molar-refractivity contribution in [1.82, 2.24) is 10.3 Å². The van der Waals surface area contributed by atoms with Crippen LogP contribution in [-0.4, -0.2) is 24.0 Å². The molecule has 1 aliphatic rings. The van der Waals surface area contributed by atoms with Crippen LogP contribution in [0.3, 0.4) is 0 Å². The Hall–Kier alpha value is -2.64. The molecule has 0 saturated carbocycles. The Morgan fingerprint density at radius 1 is 1.15 bits per heavy atom. The third kappa shape index (κ3) is 3.89. The summed E-state index contributed by atoms with van der Waals surface area (Å²) in [5.74, 6) is -2.60. The molecular weight excluding hydrogens is 368 g/mol. The number of anilines is 1. The minimum atomic E-state index is -0.880. The smallest absolute Gasteiger partial charge is 0.263 e.